The van der Waals surface area contributed by atoms with Gasteiger partial charge in [-0.25, -0.2) is 9.97 Å². The molecule has 2 N–H and O–H groups in total. The van der Waals surface area contributed by atoms with Gasteiger partial charge in [-0.3, -0.25) is 0 Å². The van der Waals surface area contributed by atoms with Crippen LogP contribution in [0.5, 0.6) is 0 Å². The lowest BCUT2D eigenvalue weighted by molar-refractivity contribution is 0.271. The van der Waals surface area contributed by atoms with Crippen LogP contribution in [-0.4, -0.2) is 29.1 Å². The van der Waals surface area contributed by atoms with Gasteiger partial charge in [0.1, 0.15) is 11.6 Å². The molecule has 1 aromatic rings. The van der Waals surface area contributed by atoms with Crippen LogP contribution in [0.15, 0.2) is 6.07 Å². The van der Waals surface area contributed by atoms with Crippen molar-refractivity contribution in [1.82, 2.24) is 9.97 Å². The van der Waals surface area contributed by atoms with Gasteiger partial charge in [0.2, 0.25) is 0 Å². The molecule has 0 spiro atoms. The standard InChI is InChI=1S/C14H22N4/c1-9-5-14(17-10(2)16-9)18-7-11-3-4-13(15)6-12(11)8-18/h5,11-13H,3-4,6-8,15H2,1-2H3/t11-,12+,13?/m0/s1. The number of fused-ring (bicyclic) bond motifs is 1. The molecule has 0 bridgehead atoms. The maximum Gasteiger partial charge on any atom is 0.132 e. The molecule has 0 amide bonds. The van der Waals surface area contributed by atoms with Crippen molar-refractivity contribution in [3.05, 3.63) is 17.6 Å². The molecule has 2 heterocycles. The van der Waals surface area contributed by atoms with E-state index in [0.29, 0.717) is 6.04 Å². The number of rotatable bonds is 1. The molecular formula is C14H22N4. The summed E-state index contributed by atoms with van der Waals surface area (Å²) >= 11 is 0. The minimum atomic E-state index is 0.417. The summed E-state index contributed by atoms with van der Waals surface area (Å²) < 4.78 is 0. The lowest BCUT2D eigenvalue weighted by Gasteiger charge is -2.27. The van der Waals surface area contributed by atoms with Crippen molar-refractivity contribution in [1.29, 1.82) is 0 Å². The molecule has 0 radical (unpaired) electrons. The Hall–Kier alpha value is -1.16. The summed E-state index contributed by atoms with van der Waals surface area (Å²) in [5, 5.41) is 0. The van der Waals surface area contributed by atoms with Gasteiger partial charge in [0.25, 0.3) is 0 Å². The topological polar surface area (TPSA) is 55.0 Å². The third-order valence-corrected chi connectivity index (χ3v) is 4.37. The van der Waals surface area contributed by atoms with Gasteiger partial charge in [0, 0.05) is 30.9 Å². The molecule has 4 nitrogen and oxygen atoms in total. The first-order chi connectivity index (χ1) is 8.61. The highest BCUT2D eigenvalue weighted by Crippen LogP contribution is 2.37. The zero-order valence-electron chi connectivity index (χ0n) is 11.3. The number of aromatic nitrogens is 2. The monoisotopic (exact) mass is 246 g/mol. The summed E-state index contributed by atoms with van der Waals surface area (Å²) in [5.41, 5.74) is 7.14. The second-order valence-corrected chi connectivity index (χ2v) is 5.91. The van der Waals surface area contributed by atoms with Gasteiger partial charge in [-0.1, -0.05) is 0 Å². The Balaban J connectivity index is 1.78. The van der Waals surface area contributed by atoms with E-state index in [2.05, 4.69) is 20.9 Å². The van der Waals surface area contributed by atoms with Crippen LogP contribution in [-0.2, 0) is 0 Å². The van der Waals surface area contributed by atoms with E-state index in [4.69, 9.17) is 5.73 Å². The Labute approximate surface area is 109 Å². The zero-order chi connectivity index (χ0) is 12.7. The van der Waals surface area contributed by atoms with Crippen molar-refractivity contribution in [2.45, 2.75) is 39.2 Å². The normalized spacial score (nSPS) is 31.5. The van der Waals surface area contributed by atoms with Gasteiger partial charge in [0.05, 0.1) is 0 Å². The molecule has 3 atom stereocenters. The molecule has 1 aliphatic carbocycles. The summed E-state index contributed by atoms with van der Waals surface area (Å²) in [7, 11) is 0. The Kier molecular flexibility index (Phi) is 2.98. The highest BCUT2D eigenvalue weighted by molar-refractivity contribution is 5.41. The second kappa shape index (κ2) is 4.50. The van der Waals surface area contributed by atoms with Crippen molar-refractivity contribution in [3.8, 4) is 0 Å². The SMILES string of the molecule is Cc1cc(N2C[C@H]3CC(N)CC[C@H]3C2)nc(C)n1. The van der Waals surface area contributed by atoms with E-state index in [0.717, 1.165) is 42.3 Å². The van der Waals surface area contributed by atoms with E-state index in [-0.39, 0.29) is 0 Å². The minimum absolute atomic E-state index is 0.417. The average molecular weight is 246 g/mol. The Morgan fingerprint density at radius 3 is 2.72 bits per heavy atom. The number of nitrogens with two attached hydrogens (primary N) is 1. The second-order valence-electron chi connectivity index (χ2n) is 5.91. The van der Waals surface area contributed by atoms with E-state index in [9.17, 15) is 0 Å². The lowest BCUT2D eigenvalue weighted by Crippen LogP contribution is -2.32. The summed E-state index contributed by atoms with van der Waals surface area (Å²) in [5.74, 6) is 3.56. The molecule has 18 heavy (non-hydrogen) atoms. The van der Waals surface area contributed by atoms with Crippen LogP contribution in [0.3, 0.4) is 0 Å². The highest BCUT2D eigenvalue weighted by atomic mass is 15.2. The Morgan fingerprint density at radius 1 is 1.17 bits per heavy atom. The quantitative estimate of drug-likeness (QED) is 0.818. The maximum absolute atomic E-state index is 6.08. The van der Waals surface area contributed by atoms with E-state index in [1.165, 1.54) is 19.3 Å². The summed E-state index contributed by atoms with van der Waals surface area (Å²) in [6.07, 6.45) is 3.66. The summed E-state index contributed by atoms with van der Waals surface area (Å²) in [6, 6.07) is 2.52. The predicted octanol–water partition coefficient (Wildman–Crippen LogP) is 1.66. The highest BCUT2D eigenvalue weighted by Gasteiger charge is 2.37. The molecule has 98 valence electrons. The smallest absolute Gasteiger partial charge is 0.132 e. The molecule has 2 aliphatic rings. The molecule has 1 aliphatic heterocycles. The van der Waals surface area contributed by atoms with Crippen LogP contribution in [0.1, 0.15) is 30.8 Å². The molecule has 1 aromatic heterocycles. The fourth-order valence-corrected chi connectivity index (χ4v) is 3.51. The van der Waals surface area contributed by atoms with Crippen molar-refractivity contribution in [2.75, 3.05) is 18.0 Å². The van der Waals surface area contributed by atoms with Crippen LogP contribution in [0.25, 0.3) is 0 Å². The summed E-state index contributed by atoms with van der Waals surface area (Å²) in [6.45, 7) is 6.27. The molecule has 1 unspecified atom stereocenters. The van der Waals surface area contributed by atoms with E-state index in [1.807, 2.05) is 13.8 Å². The van der Waals surface area contributed by atoms with Crippen LogP contribution < -0.4 is 10.6 Å². The number of aryl methyl sites for hydroxylation is 2. The number of nitrogens with zero attached hydrogens (tertiary/aromatic N) is 3. The maximum atomic E-state index is 6.08. The first-order valence-corrected chi connectivity index (χ1v) is 6.94. The molecular weight excluding hydrogens is 224 g/mol. The van der Waals surface area contributed by atoms with E-state index < -0.39 is 0 Å². The molecule has 1 saturated heterocycles. The Morgan fingerprint density at radius 2 is 1.94 bits per heavy atom. The van der Waals surface area contributed by atoms with E-state index in [1.54, 1.807) is 0 Å². The van der Waals surface area contributed by atoms with Gasteiger partial charge in [-0.15, -0.1) is 0 Å². The van der Waals surface area contributed by atoms with Crippen molar-refractivity contribution in [3.63, 3.8) is 0 Å². The van der Waals surface area contributed by atoms with Gasteiger partial charge in [-0.2, -0.15) is 0 Å². The third kappa shape index (κ3) is 2.21. The molecule has 1 saturated carbocycles. The van der Waals surface area contributed by atoms with Crippen LogP contribution in [0.2, 0.25) is 0 Å². The number of anilines is 1. The summed E-state index contributed by atoms with van der Waals surface area (Å²) in [4.78, 5) is 11.4. The number of hydrogen-bond donors (Lipinski definition) is 1. The van der Waals surface area contributed by atoms with Crippen LogP contribution >= 0.6 is 0 Å². The van der Waals surface area contributed by atoms with Crippen LogP contribution in [0.4, 0.5) is 5.82 Å². The molecule has 3 rings (SSSR count). The fraction of sp³-hybridized carbons (Fsp3) is 0.714. The molecule has 2 fully saturated rings. The molecule has 0 aromatic carbocycles. The molecule has 4 heteroatoms. The first kappa shape index (κ1) is 11.9. The van der Waals surface area contributed by atoms with Crippen molar-refractivity contribution < 1.29 is 0 Å². The minimum Gasteiger partial charge on any atom is -0.356 e. The fourth-order valence-electron chi connectivity index (χ4n) is 3.51. The lowest BCUT2D eigenvalue weighted by atomic mass is 9.79. The largest absolute Gasteiger partial charge is 0.356 e. The van der Waals surface area contributed by atoms with Gasteiger partial charge in [0.15, 0.2) is 0 Å². The predicted molar refractivity (Wildman–Crippen MR) is 72.5 cm³/mol. The average Bonchev–Trinajstić information content (AvgIpc) is 2.70. The van der Waals surface area contributed by atoms with Gasteiger partial charge >= 0.3 is 0 Å². The Bertz CT molecular complexity index is 425. The zero-order valence-corrected chi connectivity index (χ0v) is 11.3. The van der Waals surface area contributed by atoms with E-state index >= 15 is 0 Å². The van der Waals surface area contributed by atoms with Gasteiger partial charge in [-0.05, 0) is 44.9 Å². The van der Waals surface area contributed by atoms with Crippen molar-refractivity contribution in [2.24, 2.45) is 17.6 Å². The number of hydrogen-bond acceptors (Lipinski definition) is 4. The van der Waals surface area contributed by atoms with Gasteiger partial charge < -0.3 is 10.6 Å². The first-order valence-electron chi connectivity index (χ1n) is 6.94. The van der Waals surface area contributed by atoms with Crippen molar-refractivity contribution >= 4 is 5.82 Å². The van der Waals surface area contributed by atoms with Crippen LogP contribution in [0, 0.1) is 25.7 Å². The third-order valence-electron chi connectivity index (χ3n) is 4.37.